The minimum absolute atomic E-state index is 0.264. The Bertz CT molecular complexity index is 986. The number of carbonyl (C=O) groups is 2. The fourth-order valence-electron chi connectivity index (χ4n) is 3.40. The zero-order valence-electron chi connectivity index (χ0n) is 17.3. The molecule has 158 valence electrons. The highest BCUT2D eigenvalue weighted by Crippen LogP contribution is 2.42. The van der Waals surface area contributed by atoms with Gasteiger partial charge in [-0.2, -0.15) is 5.11 Å². The summed E-state index contributed by atoms with van der Waals surface area (Å²) in [7, 11) is 0. The Kier molecular flexibility index (Phi) is 7.41. The van der Waals surface area contributed by atoms with Crippen LogP contribution < -0.4 is 4.90 Å². The molecule has 0 aliphatic carbocycles. The van der Waals surface area contributed by atoms with Gasteiger partial charge in [-0.1, -0.05) is 13.3 Å². The monoisotopic (exact) mass is 534 g/mol. The van der Waals surface area contributed by atoms with Gasteiger partial charge < -0.3 is 4.90 Å². The largest absolute Gasteiger partial charge is 0.372 e. The summed E-state index contributed by atoms with van der Waals surface area (Å²) in [6, 6.07) is 9.51. The zero-order chi connectivity index (χ0) is 21.8. The van der Waals surface area contributed by atoms with Crippen LogP contribution in [0.15, 0.2) is 49.5 Å². The topological polar surface area (TPSA) is 65.3 Å². The first-order valence-electron chi connectivity index (χ1n) is 10.1. The molecule has 0 aromatic heterocycles. The van der Waals surface area contributed by atoms with Gasteiger partial charge in [0.25, 0.3) is 11.8 Å². The molecular weight excluding hydrogens is 512 g/mol. The summed E-state index contributed by atoms with van der Waals surface area (Å²) in [5.41, 5.74) is 3.06. The normalized spacial score (nSPS) is 13.4. The number of benzene rings is 2. The number of anilines is 1. The predicted molar refractivity (Wildman–Crippen MR) is 126 cm³/mol. The van der Waals surface area contributed by atoms with Crippen LogP contribution in [0.2, 0.25) is 0 Å². The Morgan fingerprint density at radius 1 is 0.967 bits per heavy atom. The molecule has 0 fully saturated rings. The first kappa shape index (κ1) is 22.6. The maximum Gasteiger partial charge on any atom is 0.262 e. The Morgan fingerprint density at radius 3 is 2.23 bits per heavy atom. The number of imide groups is 1. The second-order valence-electron chi connectivity index (χ2n) is 6.95. The number of halogens is 2. The molecule has 0 bridgehead atoms. The lowest BCUT2D eigenvalue weighted by Gasteiger charge is -2.20. The van der Waals surface area contributed by atoms with Crippen LogP contribution in [-0.2, 0) is 0 Å². The van der Waals surface area contributed by atoms with E-state index in [1.165, 1.54) is 4.90 Å². The van der Waals surface area contributed by atoms with Crippen molar-refractivity contribution in [3.05, 3.63) is 50.4 Å². The third-order valence-electron chi connectivity index (χ3n) is 5.11. The molecule has 6 nitrogen and oxygen atoms in total. The van der Waals surface area contributed by atoms with Crippen LogP contribution in [-0.4, -0.2) is 36.3 Å². The summed E-state index contributed by atoms with van der Waals surface area (Å²) in [4.78, 5) is 29.0. The number of rotatable bonds is 8. The van der Waals surface area contributed by atoms with E-state index in [1.807, 2.05) is 31.2 Å². The van der Waals surface area contributed by atoms with E-state index in [0.29, 0.717) is 38.0 Å². The average Bonchev–Trinajstić information content (AvgIpc) is 2.97. The van der Waals surface area contributed by atoms with E-state index in [9.17, 15) is 9.59 Å². The minimum Gasteiger partial charge on any atom is -0.372 e. The molecule has 0 radical (unpaired) electrons. The zero-order valence-corrected chi connectivity index (χ0v) is 20.5. The Hall–Kier alpha value is -2.06. The maximum absolute atomic E-state index is 12.8. The van der Waals surface area contributed by atoms with Gasteiger partial charge in [0.1, 0.15) is 5.69 Å². The van der Waals surface area contributed by atoms with E-state index >= 15 is 0 Å². The number of hydrogen-bond donors (Lipinski definition) is 0. The van der Waals surface area contributed by atoms with Crippen LogP contribution in [0.25, 0.3) is 0 Å². The Balaban J connectivity index is 1.89. The van der Waals surface area contributed by atoms with Gasteiger partial charge in [-0.05, 0) is 82.5 Å². The van der Waals surface area contributed by atoms with Crippen molar-refractivity contribution in [2.75, 3.05) is 24.5 Å². The smallest absolute Gasteiger partial charge is 0.262 e. The van der Waals surface area contributed by atoms with E-state index in [2.05, 4.69) is 60.8 Å². The quantitative estimate of drug-likeness (QED) is 0.273. The molecule has 0 unspecified atom stereocenters. The van der Waals surface area contributed by atoms with Crippen molar-refractivity contribution < 1.29 is 9.59 Å². The van der Waals surface area contributed by atoms with Gasteiger partial charge in [-0.15, -0.1) is 5.11 Å². The van der Waals surface area contributed by atoms with Crippen molar-refractivity contribution in [3.63, 3.8) is 0 Å². The molecule has 0 saturated carbocycles. The van der Waals surface area contributed by atoms with Crippen molar-refractivity contribution in [1.29, 1.82) is 0 Å². The summed E-state index contributed by atoms with van der Waals surface area (Å²) >= 11 is 6.95. The second-order valence-corrected chi connectivity index (χ2v) is 8.60. The van der Waals surface area contributed by atoms with Gasteiger partial charge in [0.15, 0.2) is 0 Å². The first-order chi connectivity index (χ1) is 14.4. The van der Waals surface area contributed by atoms with Gasteiger partial charge in [0.05, 0.1) is 21.3 Å². The highest BCUT2D eigenvalue weighted by molar-refractivity contribution is 9.11. The van der Waals surface area contributed by atoms with Crippen LogP contribution in [0.4, 0.5) is 17.1 Å². The SMILES string of the molecule is CCCCN1C(=O)c2cc(Br)c(N=Nc3ccc(N(CC)CC)cc3)c(Br)c2C1=O. The number of hydrogen-bond acceptors (Lipinski definition) is 5. The molecule has 1 heterocycles. The van der Waals surface area contributed by atoms with Crippen LogP contribution in [0, 0.1) is 0 Å². The fourth-order valence-corrected chi connectivity index (χ4v) is 4.85. The third kappa shape index (κ3) is 4.34. The van der Waals surface area contributed by atoms with Crippen molar-refractivity contribution in [2.45, 2.75) is 33.6 Å². The van der Waals surface area contributed by atoms with Crippen LogP contribution >= 0.6 is 31.9 Å². The van der Waals surface area contributed by atoms with E-state index < -0.39 is 0 Å². The van der Waals surface area contributed by atoms with E-state index in [0.717, 1.165) is 31.6 Å². The summed E-state index contributed by atoms with van der Waals surface area (Å²) in [5, 5.41) is 8.68. The summed E-state index contributed by atoms with van der Waals surface area (Å²) < 4.78 is 1.09. The Labute approximate surface area is 193 Å². The second kappa shape index (κ2) is 9.83. The lowest BCUT2D eigenvalue weighted by Crippen LogP contribution is -2.30. The van der Waals surface area contributed by atoms with E-state index in [1.54, 1.807) is 6.07 Å². The standard InChI is InChI=1S/C22H24Br2N4O2/c1-4-7-12-28-21(29)16-13-17(23)20(19(24)18(16)22(28)30)26-25-14-8-10-15(11-9-14)27(5-2)6-3/h8-11,13H,4-7,12H2,1-3H3. The highest BCUT2D eigenvalue weighted by Gasteiger charge is 2.38. The van der Waals surface area contributed by atoms with Crippen LogP contribution in [0.5, 0.6) is 0 Å². The van der Waals surface area contributed by atoms with Gasteiger partial charge >= 0.3 is 0 Å². The fraction of sp³-hybridized carbons (Fsp3) is 0.364. The predicted octanol–water partition coefficient (Wildman–Crippen LogP) is 6.87. The molecule has 2 aromatic carbocycles. The number of fused-ring (bicyclic) bond motifs is 1. The molecule has 0 saturated heterocycles. The molecule has 30 heavy (non-hydrogen) atoms. The molecule has 0 atom stereocenters. The maximum atomic E-state index is 12.8. The van der Waals surface area contributed by atoms with Crippen LogP contribution in [0.3, 0.4) is 0 Å². The molecule has 2 amide bonds. The van der Waals surface area contributed by atoms with Gasteiger partial charge in [0.2, 0.25) is 0 Å². The Morgan fingerprint density at radius 2 is 1.63 bits per heavy atom. The molecule has 0 spiro atoms. The number of unbranched alkanes of at least 4 members (excludes halogenated alkanes) is 1. The lowest BCUT2D eigenvalue weighted by molar-refractivity contribution is 0.0652. The van der Waals surface area contributed by atoms with E-state index in [4.69, 9.17) is 0 Å². The number of carbonyl (C=O) groups excluding carboxylic acids is 2. The number of azo groups is 1. The van der Waals surface area contributed by atoms with Gasteiger partial charge in [-0.25, -0.2) is 0 Å². The molecule has 3 rings (SSSR count). The number of amides is 2. The lowest BCUT2D eigenvalue weighted by atomic mass is 10.1. The highest BCUT2D eigenvalue weighted by atomic mass is 79.9. The third-order valence-corrected chi connectivity index (χ3v) is 6.48. The summed E-state index contributed by atoms with van der Waals surface area (Å²) in [6.07, 6.45) is 1.69. The number of nitrogens with zero attached hydrogens (tertiary/aromatic N) is 4. The van der Waals surface area contributed by atoms with Crippen molar-refractivity contribution in [2.24, 2.45) is 10.2 Å². The van der Waals surface area contributed by atoms with Gasteiger partial charge in [0, 0.05) is 29.8 Å². The van der Waals surface area contributed by atoms with Gasteiger partial charge in [-0.3, -0.25) is 14.5 Å². The summed E-state index contributed by atoms with van der Waals surface area (Å²) in [5.74, 6) is -0.553. The van der Waals surface area contributed by atoms with Crippen molar-refractivity contribution >= 4 is 60.7 Å². The van der Waals surface area contributed by atoms with E-state index in [-0.39, 0.29) is 11.8 Å². The van der Waals surface area contributed by atoms with Crippen LogP contribution in [0.1, 0.15) is 54.3 Å². The molecule has 1 aliphatic heterocycles. The molecule has 8 heteroatoms. The van der Waals surface area contributed by atoms with Crippen molar-refractivity contribution in [1.82, 2.24) is 4.90 Å². The average molecular weight is 536 g/mol. The van der Waals surface area contributed by atoms with Crippen molar-refractivity contribution in [3.8, 4) is 0 Å². The molecule has 1 aliphatic rings. The molecular formula is C22H24Br2N4O2. The molecule has 0 N–H and O–H groups in total. The first-order valence-corrected chi connectivity index (χ1v) is 11.7. The molecule has 2 aromatic rings. The summed E-state index contributed by atoms with van der Waals surface area (Å²) in [6.45, 7) is 8.56. The minimum atomic E-state index is -0.289.